The summed E-state index contributed by atoms with van der Waals surface area (Å²) in [6.45, 7) is 2.65. The minimum atomic E-state index is -4.26. The molecule has 0 bridgehead atoms. The fourth-order valence-electron chi connectivity index (χ4n) is 0.154. The number of halogens is 6. The van der Waals surface area contributed by atoms with Crippen molar-refractivity contribution in [3.05, 3.63) is 11.1 Å². The Morgan fingerprint density at radius 2 is 1.50 bits per heavy atom. The smallest absolute Gasteiger partial charge is 0.193 e. The minimum absolute atomic E-state index is 1.05. The Kier molecular flexibility index (Phi) is 2.93. The third-order valence-electron chi connectivity index (χ3n) is 0.697. The summed E-state index contributed by atoms with van der Waals surface area (Å²) in [4.78, 5) is -4.25. The molecule has 0 rings (SSSR count). The molecule has 0 aromatic rings. The lowest BCUT2D eigenvalue weighted by Crippen LogP contribution is -2.34. The van der Waals surface area contributed by atoms with Gasteiger partial charge in [0.25, 0.3) is 0 Å². The molecule has 0 saturated carbocycles. The van der Waals surface area contributed by atoms with Crippen molar-refractivity contribution in [1.82, 2.24) is 0 Å². The second kappa shape index (κ2) is 2.81. The average Bonchev–Trinajstić information content (AvgIpc) is 1.62. The molecule has 0 spiro atoms. The van der Waals surface area contributed by atoms with Crippen molar-refractivity contribution >= 4 is 31.9 Å². The van der Waals surface area contributed by atoms with Crippen molar-refractivity contribution in [3.63, 3.8) is 0 Å². The van der Waals surface area contributed by atoms with Crippen LogP contribution in [0.2, 0.25) is 0 Å². The lowest BCUT2D eigenvalue weighted by atomic mass is 10.3. The van der Waals surface area contributed by atoms with Gasteiger partial charge in [0, 0.05) is 0 Å². The molecule has 0 heterocycles. The highest BCUT2D eigenvalue weighted by Crippen LogP contribution is 2.45. The highest BCUT2D eigenvalue weighted by molar-refractivity contribution is 9.12. The first-order valence-corrected chi connectivity index (χ1v) is 3.57. The Labute approximate surface area is 71.5 Å². The van der Waals surface area contributed by atoms with Gasteiger partial charge in [0.05, 0.1) is 4.48 Å². The van der Waals surface area contributed by atoms with E-state index in [1.165, 1.54) is 15.9 Å². The zero-order valence-electron chi connectivity index (χ0n) is 4.47. The van der Waals surface area contributed by atoms with Gasteiger partial charge in [-0.2, -0.15) is 17.6 Å². The van der Waals surface area contributed by atoms with E-state index in [2.05, 4.69) is 22.5 Å². The van der Waals surface area contributed by atoms with E-state index in [9.17, 15) is 17.6 Å². The molecular weight excluding hydrogens is 284 g/mol. The van der Waals surface area contributed by atoms with Gasteiger partial charge >= 0.3 is 10.8 Å². The highest BCUT2D eigenvalue weighted by Gasteiger charge is 2.55. The molecule has 0 aliphatic carbocycles. The molecule has 0 atom stereocenters. The van der Waals surface area contributed by atoms with Gasteiger partial charge in [-0.25, -0.2) is 0 Å². The number of hydrogen-bond donors (Lipinski definition) is 0. The van der Waals surface area contributed by atoms with Crippen LogP contribution in [-0.2, 0) is 0 Å². The predicted molar refractivity (Wildman–Crippen MR) is 36.9 cm³/mol. The summed E-state index contributed by atoms with van der Waals surface area (Å²) in [5, 5.41) is 0. The molecule has 0 aliphatic rings. The molecule has 60 valence electrons. The fourth-order valence-corrected chi connectivity index (χ4v) is 0.908. The molecule has 0 nitrogen and oxygen atoms in total. The third kappa shape index (κ3) is 1.95. The van der Waals surface area contributed by atoms with Crippen LogP contribution in [0.25, 0.3) is 0 Å². The summed E-state index contributed by atoms with van der Waals surface area (Å²) < 4.78 is 46.8. The van der Waals surface area contributed by atoms with E-state index in [1.54, 1.807) is 0 Å². The largest absolute Gasteiger partial charge is 0.368 e. The fraction of sp³-hybridized carbons (Fsp3) is 0.500. The molecule has 0 aromatic heterocycles. The van der Waals surface area contributed by atoms with Crippen LogP contribution in [-0.4, -0.2) is 10.8 Å². The first-order chi connectivity index (χ1) is 4.19. The van der Waals surface area contributed by atoms with Gasteiger partial charge < -0.3 is 0 Å². The Balaban J connectivity index is 4.57. The first kappa shape index (κ1) is 10.4. The van der Waals surface area contributed by atoms with Gasteiger partial charge in [0.15, 0.2) is 0 Å². The van der Waals surface area contributed by atoms with Gasteiger partial charge in [-0.3, -0.25) is 0 Å². The van der Waals surface area contributed by atoms with Crippen molar-refractivity contribution < 1.29 is 17.6 Å². The third-order valence-corrected chi connectivity index (χ3v) is 1.69. The average molecular weight is 286 g/mol. The lowest BCUT2D eigenvalue weighted by molar-refractivity contribution is -0.113. The quantitative estimate of drug-likeness (QED) is 0.538. The normalized spacial score (nSPS) is 13.4. The molecule has 0 aromatic carbocycles. The Bertz CT molecular complexity index is 148. The molecule has 0 N–H and O–H groups in total. The van der Waals surface area contributed by atoms with Gasteiger partial charge in [0.1, 0.15) is 0 Å². The second-order valence-electron chi connectivity index (χ2n) is 1.48. The Hall–Kier alpha value is 0.420. The molecule has 0 saturated heterocycles. The second-order valence-corrected chi connectivity index (χ2v) is 3.43. The van der Waals surface area contributed by atoms with Crippen LogP contribution in [0.1, 0.15) is 0 Å². The SMILES string of the molecule is C=C(Br)C(F)(F)C(F)(F)Br. The number of rotatable bonds is 2. The van der Waals surface area contributed by atoms with E-state index in [0.29, 0.717) is 0 Å². The van der Waals surface area contributed by atoms with Gasteiger partial charge in [-0.05, 0) is 31.9 Å². The van der Waals surface area contributed by atoms with Crippen LogP contribution in [0.4, 0.5) is 17.6 Å². The van der Waals surface area contributed by atoms with E-state index in [-0.39, 0.29) is 0 Å². The zero-order valence-corrected chi connectivity index (χ0v) is 7.65. The van der Waals surface area contributed by atoms with Crippen LogP contribution < -0.4 is 0 Å². The van der Waals surface area contributed by atoms with E-state index >= 15 is 0 Å². The number of hydrogen-bond acceptors (Lipinski definition) is 0. The maximum atomic E-state index is 12.1. The summed E-state index contributed by atoms with van der Waals surface area (Å²) in [6, 6.07) is 0. The molecular formula is C4H2Br2F4. The van der Waals surface area contributed by atoms with Crippen LogP contribution in [0.5, 0.6) is 0 Å². The van der Waals surface area contributed by atoms with Gasteiger partial charge in [-0.1, -0.05) is 6.58 Å². The monoisotopic (exact) mass is 284 g/mol. The Morgan fingerprint density at radius 1 is 1.20 bits per heavy atom. The Morgan fingerprint density at radius 3 is 1.50 bits per heavy atom. The highest BCUT2D eigenvalue weighted by atomic mass is 79.9. The summed E-state index contributed by atoms with van der Waals surface area (Å²) in [6.07, 6.45) is 0. The zero-order chi connectivity index (χ0) is 8.58. The maximum absolute atomic E-state index is 12.1. The number of allylic oxidation sites excluding steroid dienone is 1. The summed E-state index contributed by atoms with van der Waals surface area (Å²) in [5.41, 5.74) is 0. The molecule has 0 unspecified atom stereocenters. The minimum Gasteiger partial charge on any atom is -0.193 e. The van der Waals surface area contributed by atoms with Crippen LogP contribution in [0.3, 0.4) is 0 Å². The topological polar surface area (TPSA) is 0 Å². The van der Waals surface area contributed by atoms with Crippen molar-refractivity contribution in [3.8, 4) is 0 Å². The van der Waals surface area contributed by atoms with Gasteiger partial charge in [0.2, 0.25) is 0 Å². The van der Waals surface area contributed by atoms with Crippen molar-refractivity contribution in [1.29, 1.82) is 0 Å². The van der Waals surface area contributed by atoms with E-state index in [1.807, 2.05) is 0 Å². The maximum Gasteiger partial charge on any atom is 0.368 e. The van der Waals surface area contributed by atoms with E-state index < -0.39 is 15.2 Å². The molecule has 0 radical (unpaired) electrons. The summed E-state index contributed by atoms with van der Waals surface area (Å²) in [5.74, 6) is -4.26. The van der Waals surface area contributed by atoms with Crippen molar-refractivity contribution in [2.24, 2.45) is 0 Å². The van der Waals surface area contributed by atoms with Crippen LogP contribution >= 0.6 is 31.9 Å². The molecule has 0 aliphatic heterocycles. The van der Waals surface area contributed by atoms with Crippen molar-refractivity contribution in [2.45, 2.75) is 10.8 Å². The van der Waals surface area contributed by atoms with E-state index in [4.69, 9.17) is 0 Å². The van der Waals surface area contributed by atoms with Crippen molar-refractivity contribution in [2.75, 3.05) is 0 Å². The molecule has 0 amide bonds. The summed E-state index contributed by atoms with van der Waals surface area (Å²) >= 11 is 3.70. The van der Waals surface area contributed by atoms with E-state index in [0.717, 1.165) is 0 Å². The standard InChI is InChI=1S/C4H2Br2F4/c1-2(5)3(7,8)4(6,9)10/h1H2. The molecule has 6 heteroatoms. The van der Waals surface area contributed by atoms with Gasteiger partial charge in [-0.15, -0.1) is 0 Å². The van der Waals surface area contributed by atoms with Crippen LogP contribution in [0.15, 0.2) is 11.1 Å². The molecule has 10 heavy (non-hydrogen) atoms. The number of alkyl halides is 5. The molecule has 0 fully saturated rings. The lowest BCUT2D eigenvalue weighted by Gasteiger charge is -2.19. The first-order valence-electron chi connectivity index (χ1n) is 1.99. The van der Waals surface area contributed by atoms with Crippen LogP contribution in [0, 0.1) is 0 Å². The summed E-state index contributed by atoms with van der Waals surface area (Å²) in [7, 11) is 0. The predicted octanol–water partition coefficient (Wildman–Crippen LogP) is 3.52.